The number of nitrogens with zero attached hydrogens (tertiary/aromatic N) is 4. The van der Waals surface area contributed by atoms with Crippen LogP contribution in [0.25, 0.3) is 0 Å². The normalized spacial score (nSPS) is 28.2. The van der Waals surface area contributed by atoms with E-state index in [2.05, 4.69) is 29.2 Å². The van der Waals surface area contributed by atoms with Crippen molar-refractivity contribution < 1.29 is 9.53 Å². The van der Waals surface area contributed by atoms with Crippen LogP contribution in [0, 0.1) is 5.41 Å². The zero-order chi connectivity index (χ0) is 15.7. The lowest BCUT2D eigenvalue weighted by atomic mass is 9.72. The van der Waals surface area contributed by atoms with E-state index in [1.807, 2.05) is 11.8 Å². The standard InChI is InChI=1S/C15H25N5O2/c1-11(7-19-10-16-9-17-19)18-14(21)20-8-15(2,3)13(20)12-5-4-6-22-12/h9-13H,4-8H2,1-3H3,(H,18,21). The molecule has 1 N–H and O–H groups in total. The van der Waals surface area contributed by atoms with Crippen LogP contribution in [-0.2, 0) is 11.3 Å². The quantitative estimate of drug-likeness (QED) is 0.909. The molecule has 2 aliphatic heterocycles. The summed E-state index contributed by atoms with van der Waals surface area (Å²) in [4.78, 5) is 18.4. The van der Waals surface area contributed by atoms with Crippen LogP contribution in [0.1, 0.15) is 33.6 Å². The second-order valence-corrected chi connectivity index (χ2v) is 7.08. The molecule has 3 rings (SSSR count). The first-order valence-corrected chi connectivity index (χ1v) is 7.98. The lowest BCUT2D eigenvalue weighted by Gasteiger charge is -2.56. The van der Waals surface area contributed by atoms with Crippen molar-refractivity contribution in [3.05, 3.63) is 12.7 Å². The first kappa shape index (κ1) is 15.3. The van der Waals surface area contributed by atoms with Gasteiger partial charge in [0.25, 0.3) is 0 Å². The molecular formula is C15H25N5O2. The predicted molar refractivity (Wildman–Crippen MR) is 81.3 cm³/mol. The first-order chi connectivity index (χ1) is 10.5. The smallest absolute Gasteiger partial charge is 0.318 e. The second-order valence-electron chi connectivity index (χ2n) is 7.08. The number of ether oxygens (including phenoxy) is 1. The van der Waals surface area contributed by atoms with Crippen LogP contribution in [0.15, 0.2) is 12.7 Å². The molecule has 0 aliphatic carbocycles. The zero-order valence-corrected chi connectivity index (χ0v) is 13.5. The van der Waals surface area contributed by atoms with Gasteiger partial charge in [-0.05, 0) is 19.8 Å². The van der Waals surface area contributed by atoms with Gasteiger partial charge < -0.3 is 15.0 Å². The van der Waals surface area contributed by atoms with Crippen molar-refractivity contribution in [1.82, 2.24) is 25.0 Å². The molecule has 0 bridgehead atoms. The van der Waals surface area contributed by atoms with Crippen LogP contribution < -0.4 is 5.32 Å². The van der Waals surface area contributed by atoms with Crippen molar-refractivity contribution in [3.8, 4) is 0 Å². The van der Waals surface area contributed by atoms with E-state index in [-0.39, 0.29) is 29.6 Å². The molecule has 7 nitrogen and oxygen atoms in total. The van der Waals surface area contributed by atoms with Gasteiger partial charge in [-0.3, -0.25) is 4.68 Å². The first-order valence-electron chi connectivity index (χ1n) is 7.98. The van der Waals surface area contributed by atoms with Gasteiger partial charge in [-0.2, -0.15) is 5.10 Å². The van der Waals surface area contributed by atoms with E-state index in [0.29, 0.717) is 6.54 Å². The average Bonchev–Trinajstić information content (AvgIpc) is 3.09. The average molecular weight is 307 g/mol. The van der Waals surface area contributed by atoms with Crippen molar-refractivity contribution in [1.29, 1.82) is 0 Å². The molecule has 0 radical (unpaired) electrons. The van der Waals surface area contributed by atoms with E-state index in [0.717, 1.165) is 26.0 Å². The number of hydrogen-bond donors (Lipinski definition) is 1. The number of rotatable bonds is 4. The third kappa shape index (κ3) is 2.95. The summed E-state index contributed by atoms with van der Waals surface area (Å²) >= 11 is 0. The Hall–Kier alpha value is -1.63. The van der Waals surface area contributed by atoms with Crippen LogP contribution >= 0.6 is 0 Å². The van der Waals surface area contributed by atoms with Crippen molar-refractivity contribution in [3.63, 3.8) is 0 Å². The highest BCUT2D eigenvalue weighted by atomic mass is 16.5. The molecule has 2 amide bonds. The van der Waals surface area contributed by atoms with Gasteiger partial charge in [0.05, 0.1) is 18.7 Å². The molecule has 0 spiro atoms. The summed E-state index contributed by atoms with van der Waals surface area (Å²) in [6, 6.07) is 0.170. The van der Waals surface area contributed by atoms with Gasteiger partial charge in [-0.1, -0.05) is 13.8 Å². The molecule has 2 aliphatic rings. The molecule has 1 aromatic rings. The Morgan fingerprint density at radius 1 is 1.55 bits per heavy atom. The number of carbonyl (C=O) groups excluding carboxylic acids is 1. The van der Waals surface area contributed by atoms with Gasteiger partial charge in [0.2, 0.25) is 0 Å². The van der Waals surface area contributed by atoms with Crippen molar-refractivity contribution in [2.75, 3.05) is 13.2 Å². The lowest BCUT2D eigenvalue weighted by molar-refractivity contribution is -0.0914. The molecule has 0 aromatic carbocycles. The molecule has 0 saturated carbocycles. The molecule has 2 saturated heterocycles. The summed E-state index contributed by atoms with van der Waals surface area (Å²) in [5.41, 5.74) is 0.126. The summed E-state index contributed by atoms with van der Waals surface area (Å²) in [6.45, 7) is 8.61. The molecule has 3 atom stereocenters. The van der Waals surface area contributed by atoms with Gasteiger partial charge in [0.15, 0.2) is 0 Å². The number of hydrogen-bond acceptors (Lipinski definition) is 4. The maximum absolute atomic E-state index is 12.5. The van der Waals surface area contributed by atoms with Crippen molar-refractivity contribution in [2.24, 2.45) is 5.41 Å². The number of carbonyl (C=O) groups is 1. The molecule has 122 valence electrons. The van der Waals surface area contributed by atoms with Crippen molar-refractivity contribution in [2.45, 2.75) is 58.3 Å². The van der Waals surface area contributed by atoms with E-state index in [1.165, 1.54) is 6.33 Å². The fourth-order valence-electron chi connectivity index (χ4n) is 3.64. The second kappa shape index (κ2) is 5.87. The Morgan fingerprint density at radius 3 is 2.95 bits per heavy atom. The number of likely N-dealkylation sites (tertiary alicyclic amines) is 1. The third-order valence-corrected chi connectivity index (χ3v) is 4.59. The van der Waals surface area contributed by atoms with Gasteiger partial charge in [0, 0.05) is 24.6 Å². The van der Waals surface area contributed by atoms with Gasteiger partial charge in [0.1, 0.15) is 12.7 Å². The van der Waals surface area contributed by atoms with Crippen LogP contribution in [-0.4, -0.2) is 57.0 Å². The summed E-state index contributed by atoms with van der Waals surface area (Å²) < 4.78 is 7.54. The number of nitrogens with one attached hydrogen (secondary N) is 1. The highest BCUT2D eigenvalue weighted by Gasteiger charge is 2.52. The molecule has 1 aromatic heterocycles. The Morgan fingerprint density at radius 2 is 2.36 bits per heavy atom. The minimum absolute atomic E-state index is 0.00283. The lowest BCUT2D eigenvalue weighted by Crippen LogP contribution is -2.70. The van der Waals surface area contributed by atoms with Gasteiger partial charge in [-0.15, -0.1) is 0 Å². The number of aromatic nitrogens is 3. The zero-order valence-electron chi connectivity index (χ0n) is 13.5. The van der Waals surface area contributed by atoms with Gasteiger partial charge >= 0.3 is 6.03 Å². The van der Waals surface area contributed by atoms with Crippen LogP contribution in [0.2, 0.25) is 0 Å². The molecular weight excluding hydrogens is 282 g/mol. The van der Waals surface area contributed by atoms with Gasteiger partial charge in [-0.25, -0.2) is 9.78 Å². The molecule has 3 heterocycles. The molecule has 7 heteroatoms. The topological polar surface area (TPSA) is 72.3 Å². The largest absolute Gasteiger partial charge is 0.376 e. The van der Waals surface area contributed by atoms with E-state index < -0.39 is 0 Å². The summed E-state index contributed by atoms with van der Waals surface area (Å²) in [6.07, 6.45) is 5.48. The summed E-state index contributed by atoms with van der Waals surface area (Å²) in [5.74, 6) is 0. The monoisotopic (exact) mass is 307 g/mol. The van der Waals surface area contributed by atoms with E-state index >= 15 is 0 Å². The molecule has 22 heavy (non-hydrogen) atoms. The fourth-order valence-corrected chi connectivity index (χ4v) is 3.64. The van der Waals surface area contributed by atoms with Crippen LogP contribution in [0.5, 0.6) is 0 Å². The molecule has 3 unspecified atom stereocenters. The Labute approximate surface area is 131 Å². The summed E-state index contributed by atoms with van der Waals surface area (Å²) in [7, 11) is 0. The maximum atomic E-state index is 12.5. The third-order valence-electron chi connectivity index (χ3n) is 4.59. The van der Waals surface area contributed by atoms with Crippen LogP contribution in [0.3, 0.4) is 0 Å². The SMILES string of the molecule is CC(Cn1cncn1)NC(=O)N1CC(C)(C)C1C1CCCO1. The minimum Gasteiger partial charge on any atom is -0.376 e. The molecule has 2 fully saturated rings. The number of urea groups is 1. The van der Waals surface area contributed by atoms with E-state index in [1.54, 1.807) is 11.0 Å². The van der Waals surface area contributed by atoms with Crippen molar-refractivity contribution >= 4 is 6.03 Å². The highest BCUT2D eigenvalue weighted by molar-refractivity contribution is 5.76. The fraction of sp³-hybridized carbons (Fsp3) is 0.800. The Balaban J connectivity index is 1.57. The minimum atomic E-state index is -0.00700. The van der Waals surface area contributed by atoms with E-state index in [4.69, 9.17) is 4.74 Å². The van der Waals surface area contributed by atoms with E-state index in [9.17, 15) is 4.79 Å². The maximum Gasteiger partial charge on any atom is 0.318 e. The predicted octanol–water partition coefficient (Wildman–Crippen LogP) is 1.27. The highest BCUT2D eigenvalue weighted by Crippen LogP contribution is 2.42. The summed E-state index contributed by atoms with van der Waals surface area (Å²) in [5, 5.41) is 7.12. The van der Waals surface area contributed by atoms with Crippen LogP contribution in [0.4, 0.5) is 4.79 Å². The Bertz CT molecular complexity index is 510. The Kier molecular flexibility index (Phi) is 4.08. The number of amides is 2.